The van der Waals surface area contributed by atoms with Gasteiger partial charge in [-0.2, -0.15) is 0 Å². The maximum absolute atomic E-state index is 11.2. The van der Waals surface area contributed by atoms with Crippen LogP contribution in [0.5, 0.6) is 0 Å². The molecule has 1 unspecified atom stereocenters. The second kappa shape index (κ2) is 4.33. The van der Waals surface area contributed by atoms with Gasteiger partial charge < -0.3 is 0 Å². The maximum atomic E-state index is 11.2. The SMILES string of the molecule is CC(C)C1CCc2ccc(NS(C)(=O)=O)cc21. The predicted octanol–water partition coefficient (Wildman–Crippen LogP) is 2.74. The van der Waals surface area contributed by atoms with Crippen LogP contribution in [0.2, 0.25) is 0 Å². The van der Waals surface area contributed by atoms with Crippen molar-refractivity contribution in [2.45, 2.75) is 32.6 Å². The molecule has 3 nitrogen and oxygen atoms in total. The molecule has 2 rings (SSSR count). The molecule has 0 saturated carbocycles. The van der Waals surface area contributed by atoms with Gasteiger partial charge in [0.1, 0.15) is 0 Å². The molecule has 94 valence electrons. The van der Waals surface area contributed by atoms with E-state index >= 15 is 0 Å². The molecule has 0 aliphatic heterocycles. The highest BCUT2D eigenvalue weighted by Gasteiger charge is 2.25. The van der Waals surface area contributed by atoms with Gasteiger partial charge in [-0.15, -0.1) is 0 Å². The standard InChI is InChI=1S/C13H19NO2S/c1-9(2)12-7-5-10-4-6-11(8-13(10)12)14-17(3,15)16/h4,6,8-9,12,14H,5,7H2,1-3H3. The zero-order valence-electron chi connectivity index (χ0n) is 10.5. The second-order valence-corrected chi connectivity index (χ2v) is 6.93. The van der Waals surface area contributed by atoms with Crippen LogP contribution in [0.25, 0.3) is 0 Å². The molecule has 1 aliphatic carbocycles. The van der Waals surface area contributed by atoms with E-state index < -0.39 is 10.0 Å². The first-order valence-electron chi connectivity index (χ1n) is 5.97. The van der Waals surface area contributed by atoms with Crippen LogP contribution < -0.4 is 4.72 Å². The minimum absolute atomic E-state index is 0.561. The van der Waals surface area contributed by atoms with Crippen LogP contribution in [0.4, 0.5) is 5.69 Å². The largest absolute Gasteiger partial charge is 0.284 e. The fourth-order valence-corrected chi connectivity index (χ4v) is 3.16. The summed E-state index contributed by atoms with van der Waals surface area (Å²) in [6.07, 6.45) is 3.47. The van der Waals surface area contributed by atoms with Gasteiger partial charge in [-0.05, 0) is 47.9 Å². The number of hydrogen-bond acceptors (Lipinski definition) is 2. The summed E-state index contributed by atoms with van der Waals surface area (Å²) in [4.78, 5) is 0. The van der Waals surface area contributed by atoms with Gasteiger partial charge in [0.25, 0.3) is 0 Å². The average molecular weight is 253 g/mol. The van der Waals surface area contributed by atoms with E-state index in [-0.39, 0.29) is 0 Å². The molecule has 0 fully saturated rings. The Morgan fingerprint density at radius 1 is 1.35 bits per heavy atom. The molecule has 0 bridgehead atoms. The Kier molecular flexibility index (Phi) is 3.17. The van der Waals surface area contributed by atoms with Gasteiger partial charge in [0.05, 0.1) is 6.26 Å². The number of benzene rings is 1. The van der Waals surface area contributed by atoms with E-state index in [0.717, 1.165) is 6.42 Å². The molecule has 1 aromatic carbocycles. The highest BCUT2D eigenvalue weighted by Crippen LogP contribution is 2.39. The summed E-state index contributed by atoms with van der Waals surface area (Å²) in [6.45, 7) is 4.44. The van der Waals surface area contributed by atoms with Crippen molar-refractivity contribution in [2.75, 3.05) is 11.0 Å². The number of anilines is 1. The zero-order valence-corrected chi connectivity index (χ0v) is 11.3. The number of hydrogen-bond donors (Lipinski definition) is 1. The van der Waals surface area contributed by atoms with Crippen molar-refractivity contribution >= 4 is 15.7 Å². The third-order valence-corrected chi connectivity index (χ3v) is 3.98. The minimum atomic E-state index is -3.18. The number of rotatable bonds is 3. The molecule has 17 heavy (non-hydrogen) atoms. The van der Waals surface area contributed by atoms with Gasteiger partial charge >= 0.3 is 0 Å². The Labute approximate surface area is 103 Å². The Balaban J connectivity index is 2.33. The quantitative estimate of drug-likeness (QED) is 0.900. The van der Waals surface area contributed by atoms with E-state index in [1.807, 2.05) is 18.2 Å². The summed E-state index contributed by atoms with van der Waals surface area (Å²) in [7, 11) is -3.18. The topological polar surface area (TPSA) is 46.2 Å². The van der Waals surface area contributed by atoms with Crippen molar-refractivity contribution in [3.8, 4) is 0 Å². The lowest BCUT2D eigenvalue weighted by Gasteiger charge is -2.16. The number of aryl methyl sites for hydroxylation is 1. The lowest BCUT2D eigenvalue weighted by molar-refractivity contribution is 0.496. The van der Waals surface area contributed by atoms with Crippen molar-refractivity contribution in [1.29, 1.82) is 0 Å². The van der Waals surface area contributed by atoms with E-state index in [4.69, 9.17) is 0 Å². The number of sulfonamides is 1. The molecule has 0 amide bonds. The molecule has 4 heteroatoms. The van der Waals surface area contributed by atoms with Crippen LogP contribution in [0.3, 0.4) is 0 Å². The fraction of sp³-hybridized carbons (Fsp3) is 0.538. The molecular formula is C13H19NO2S. The molecule has 0 heterocycles. The van der Waals surface area contributed by atoms with Crippen LogP contribution in [0.15, 0.2) is 18.2 Å². The van der Waals surface area contributed by atoms with E-state index in [0.29, 0.717) is 17.5 Å². The Morgan fingerprint density at radius 2 is 2.06 bits per heavy atom. The number of nitrogens with one attached hydrogen (secondary N) is 1. The van der Waals surface area contributed by atoms with Gasteiger partial charge in [-0.25, -0.2) is 8.42 Å². The molecule has 0 radical (unpaired) electrons. The van der Waals surface area contributed by atoms with Crippen LogP contribution in [0, 0.1) is 5.92 Å². The Hall–Kier alpha value is -1.03. The minimum Gasteiger partial charge on any atom is -0.284 e. The lowest BCUT2D eigenvalue weighted by atomic mass is 9.90. The van der Waals surface area contributed by atoms with E-state index in [9.17, 15) is 8.42 Å². The first-order chi connectivity index (χ1) is 7.87. The van der Waals surface area contributed by atoms with E-state index in [2.05, 4.69) is 18.6 Å². The molecule has 1 atom stereocenters. The summed E-state index contributed by atoms with van der Waals surface area (Å²) in [5.41, 5.74) is 3.36. The van der Waals surface area contributed by atoms with Gasteiger partial charge in [-0.1, -0.05) is 19.9 Å². The van der Waals surface area contributed by atoms with Crippen LogP contribution in [-0.4, -0.2) is 14.7 Å². The molecule has 0 spiro atoms. The monoisotopic (exact) mass is 253 g/mol. The predicted molar refractivity (Wildman–Crippen MR) is 70.8 cm³/mol. The van der Waals surface area contributed by atoms with E-state index in [1.165, 1.54) is 23.8 Å². The molecule has 1 aromatic rings. The Bertz CT molecular complexity index is 520. The van der Waals surface area contributed by atoms with Gasteiger partial charge in [0, 0.05) is 5.69 Å². The second-order valence-electron chi connectivity index (χ2n) is 5.18. The van der Waals surface area contributed by atoms with Crippen molar-refractivity contribution < 1.29 is 8.42 Å². The molecule has 1 aliphatic rings. The van der Waals surface area contributed by atoms with Crippen molar-refractivity contribution in [3.05, 3.63) is 29.3 Å². The van der Waals surface area contributed by atoms with Gasteiger partial charge in [-0.3, -0.25) is 4.72 Å². The maximum Gasteiger partial charge on any atom is 0.229 e. The highest BCUT2D eigenvalue weighted by atomic mass is 32.2. The van der Waals surface area contributed by atoms with E-state index in [1.54, 1.807) is 0 Å². The average Bonchev–Trinajstić information content (AvgIpc) is 2.57. The summed E-state index contributed by atoms with van der Waals surface area (Å²) in [5, 5.41) is 0. The first-order valence-corrected chi connectivity index (χ1v) is 7.86. The van der Waals surface area contributed by atoms with Crippen molar-refractivity contribution in [2.24, 2.45) is 5.92 Å². The summed E-state index contributed by atoms with van der Waals surface area (Å²) < 4.78 is 25.0. The van der Waals surface area contributed by atoms with Crippen molar-refractivity contribution in [1.82, 2.24) is 0 Å². The smallest absolute Gasteiger partial charge is 0.229 e. The lowest BCUT2D eigenvalue weighted by Crippen LogP contribution is -2.10. The molecule has 0 saturated heterocycles. The van der Waals surface area contributed by atoms with Crippen LogP contribution in [-0.2, 0) is 16.4 Å². The normalized spacial score (nSPS) is 19.4. The first kappa shape index (κ1) is 12.4. The van der Waals surface area contributed by atoms with Gasteiger partial charge in [0.15, 0.2) is 0 Å². The number of fused-ring (bicyclic) bond motifs is 1. The zero-order chi connectivity index (χ0) is 12.6. The van der Waals surface area contributed by atoms with Crippen molar-refractivity contribution in [3.63, 3.8) is 0 Å². The third kappa shape index (κ3) is 2.80. The summed E-state index contributed by atoms with van der Waals surface area (Å²) in [5.74, 6) is 1.16. The fourth-order valence-electron chi connectivity index (χ4n) is 2.60. The highest BCUT2D eigenvalue weighted by molar-refractivity contribution is 7.92. The molecule has 1 N–H and O–H groups in total. The molecule has 0 aromatic heterocycles. The third-order valence-electron chi connectivity index (χ3n) is 3.38. The summed E-state index contributed by atoms with van der Waals surface area (Å²) in [6, 6.07) is 5.89. The molecular weight excluding hydrogens is 234 g/mol. The Morgan fingerprint density at radius 3 is 2.65 bits per heavy atom. The van der Waals surface area contributed by atoms with Crippen LogP contribution >= 0.6 is 0 Å². The summed E-state index contributed by atoms with van der Waals surface area (Å²) >= 11 is 0. The van der Waals surface area contributed by atoms with Crippen LogP contribution in [0.1, 0.15) is 37.3 Å². The van der Waals surface area contributed by atoms with Gasteiger partial charge in [0.2, 0.25) is 10.0 Å².